The van der Waals surface area contributed by atoms with E-state index in [1.165, 1.54) is 0 Å². The first-order valence-electron chi connectivity index (χ1n) is 8.94. The first-order valence-corrected chi connectivity index (χ1v) is 8.94. The molecule has 8 heteroatoms. The van der Waals surface area contributed by atoms with Gasteiger partial charge >= 0.3 is 6.09 Å². The van der Waals surface area contributed by atoms with Gasteiger partial charge in [0.05, 0.1) is 12.5 Å². The lowest BCUT2D eigenvalue weighted by atomic mass is 9.92. The van der Waals surface area contributed by atoms with Gasteiger partial charge in [-0.3, -0.25) is 19.8 Å². The molecule has 1 atom stereocenters. The van der Waals surface area contributed by atoms with E-state index in [4.69, 9.17) is 9.26 Å². The highest BCUT2D eigenvalue weighted by molar-refractivity contribution is 6.02. The van der Waals surface area contributed by atoms with Crippen molar-refractivity contribution >= 4 is 28.9 Å². The summed E-state index contributed by atoms with van der Waals surface area (Å²) in [6.45, 7) is 6.29. The number of hydrogen-bond donors (Lipinski definition) is 1. The van der Waals surface area contributed by atoms with Gasteiger partial charge in [0.15, 0.2) is 5.58 Å². The number of rotatable bonds is 1. The molecule has 0 saturated carbocycles. The van der Waals surface area contributed by atoms with Crippen LogP contribution in [-0.4, -0.2) is 33.6 Å². The van der Waals surface area contributed by atoms with Crippen LogP contribution in [0.15, 0.2) is 16.7 Å². The normalized spacial score (nSPS) is 20.0. The molecule has 1 fully saturated rings. The number of benzene rings is 1. The molecule has 0 spiro atoms. The van der Waals surface area contributed by atoms with Gasteiger partial charge in [0.25, 0.3) is 0 Å². The Hall–Kier alpha value is -2.90. The molecular formula is C19H21N3O5. The molecule has 1 aromatic carbocycles. The van der Waals surface area contributed by atoms with Crippen LogP contribution in [0.1, 0.15) is 56.4 Å². The predicted molar refractivity (Wildman–Crippen MR) is 94.6 cm³/mol. The minimum absolute atomic E-state index is 0.266. The number of hydrogen-bond acceptors (Lipinski definition) is 6. The number of amides is 3. The van der Waals surface area contributed by atoms with E-state index in [0.717, 1.165) is 16.5 Å². The van der Waals surface area contributed by atoms with Crippen molar-refractivity contribution in [3.05, 3.63) is 29.0 Å². The standard InChI is InChI=1S/C19H21N3O5/c1-19(2,3)26-18(25)22-8-10-4-5-11-15(21-27-16(11)13(10)9-22)12-6-7-14(23)20-17(12)24/h4-5,12H,6-9H2,1-3H3,(H,20,23,24). The number of aromatic nitrogens is 1. The number of imide groups is 1. The van der Waals surface area contributed by atoms with E-state index in [0.29, 0.717) is 30.8 Å². The number of carbonyl (C=O) groups is 3. The van der Waals surface area contributed by atoms with Gasteiger partial charge in [-0.15, -0.1) is 0 Å². The SMILES string of the molecule is CC(C)(C)OC(=O)N1Cc2ccc3c(C4CCC(=O)NC4=O)noc3c2C1. The van der Waals surface area contributed by atoms with Crippen molar-refractivity contribution in [3.63, 3.8) is 0 Å². The third-order valence-electron chi connectivity index (χ3n) is 4.80. The smallest absolute Gasteiger partial charge is 0.410 e. The lowest BCUT2D eigenvalue weighted by molar-refractivity contribution is -0.134. The molecule has 142 valence electrons. The summed E-state index contributed by atoms with van der Waals surface area (Å²) in [5.74, 6) is -1.12. The number of nitrogens with one attached hydrogen (secondary N) is 1. The molecular weight excluding hydrogens is 350 g/mol. The Labute approximate surface area is 155 Å². The van der Waals surface area contributed by atoms with Gasteiger partial charge < -0.3 is 9.26 Å². The zero-order valence-corrected chi connectivity index (χ0v) is 15.5. The second-order valence-corrected chi connectivity index (χ2v) is 7.99. The molecule has 3 heterocycles. The third kappa shape index (κ3) is 3.15. The molecule has 1 N–H and O–H groups in total. The molecule has 1 unspecified atom stereocenters. The van der Waals surface area contributed by atoms with E-state index in [9.17, 15) is 14.4 Å². The van der Waals surface area contributed by atoms with Gasteiger partial charge in [-0.05, 0) is 38.8 Å². The lowest BCUT2D eigenvalue weighted by Gasteiger charge is -2.24. The van der Waals surface area contributed by atoms with Gasteiger partial charge in [-0.25, -0.2) is 4.79 Å². The fraction of sp³-hybridized carbons (Fsp3) is 0.474. The van der Waals surface area contributed by atoms with Crippen molar-refractivity contribution in [1.82, 2.24) is 15.4 Å². The zero-order valence-electron chi connectivity index (χ0n) is 15.5. The molecule has 1 saturated heterocycles. The van der Waals surface area contributed by atoms with Crippen LogP contribution in [0.2, 0.25) is 0 Å². The Kier molecular flexibility index (Phi) is 3.94. The molecule has 2 aliphatic rings. The number of piperidine rings is 1. The number of fused-ring (bicyclic) bond motifs is 3. The van der Waals surface area contributed by atoms with Crippen LogP contribution in [0.5, 0.6) is 0 Å². The van der Waals surface area contributed by atoms with Crippen LogP contribution in [0.3, 0.4) is 0 Å². The molecule has 4 rings (SSSR count). The zero-order chi connectivity index (χ0) is 19.3. The summed E-state index contributed by atoms with van der Waals surface area (Å²) in [7, 11) is 0. The highest BCUT2D eigenvalue weighted by Gasteiger charge is 2.34. The number of carbonyl (C=O) groups excluding carboxylic acids is 3. The van der Waals surface area contributed by atoms with E-state index in [2.05, 4.69) is 10.5 Å². The van der Waals surface area contributed by atoms with Crippen molar-refractivity contribution in [3.8, 4) is 0 Å². The van der Waals surface area contributed by atoms with E-state index in [-0.39, 0.29) is 24.3 Å². The maximum Gasteiger partial charge on any atom is 0.410 e. The molecule has 0 aliphatic carbocycles. The molecule has 8 nitrogen and oxygen atoms in total. The molecule has 2 aromatic rings. The predicted octanol–water partition coefficient (Wildman–Crippen LogP) is 2.60. The summed E-state index contributed by atoms with van der Waals surface area (Å²) in [4.78, 5) is 37.5. The van der Waals surface area contributed by atoms with Gasteiger partial charge in [-0.2, -0.15) is 0 Å². The topological polar surface area (TPSA) is 102 Å². The van der Waals surface area contributed by atoms with E-state index in [1.807, 2.05) is 32.9 Å². The first kappa shape index (κ1) is 17.5. The van der Waals surface area contributed by atoms with Crippen LogP contribution in [0.4, 0.5) is 4.79 Å². The molecule has 0 bridgehead atoms. The maximum absolute atomic E-state index is 12.4. The average molecular weight is 371 g/mol. The van der Waals surface area contributed by atoms with Crippen molar-refractivity contribution in [2.45, 2.75) is 58.2 Å². The quantitative estimate of drug-likeness (QED) is 0.773. The van der Waals surface area contributed by atoms with Crippen LogP contribution in [0.25, 0.3) is 11.0 Å². The minimum Gasteiger partial charge on any atom is -0.444 e. The summed E-state index contributed by atoms with van der Waals surface area (Å²) in [6.07, 6.45) is 0.312. The van der Waals surface area contributed by atoms with Gasteiger partial charge in [0, 0.05) is 23.9 Å². The fourth-order valence-electron chi connectivity index (χ4n) is 3.55. The highest BCUT2D eigenvalue weighted by Crippen LogP contribution is 2.36. The fourth-order valence-corrected chi connectivity index (χ4v) is 3.55. The summed E-state index contributed by atoms with van der Waals surface area (Å²) in [5.41, 5.74) is 2.40. The Morgan fingerprint density at radius 3 is 2.78 bits per heavy atom. The van der Waals surface area contributed by atoms with Crippen molar-refractivity contribution in [1.29, 1.82) is 0 Å². The molecule has 1 aromatic heterocycles. The Morgan fingerprint density at radius 1 is 1.30 bits per heavy atom. The Balaban J connectivity index is 1.63. The summed E-state index contributed by atoms with van der Waals surface area (Å²) >= 11 is 0. The molecule has 3 amide bonds. The molecule has 2 aliphatic heterocycles. The number of nitrogens with zero attached hydrogens (tertiary/aromatic N) is 2. The minimum atomic E-state index is -0.563. The monoisotopic (exact) mass is 371 g/mol. The van der Waals surface area contributed by atoms with E-state index >= 15 is 0 Å². The van der Waals surface area contributed by atoms with Gasteiger partial charge in [0.2, 0.25) is 11.8 Å². The Morgan fingerprint density at radius 2 is 2.07 bits per heavy atom. The summed E-state index contributed by atoms with van der Waals surface area (Å²) in [6, 6.07) is 3.79. The number of ether oxygens (including phenoxy) is 1. The van der Waals surface area contributed by atoms with Gasteiger partial charge in [-0.1, -0.05) is 11.2 Å². The van der Waals surface area contributed by atoms with Crippen LogP contribution in [0, 0.1) is 0 Å². The van der Waals surface area contributed by atoms with Gasteiger partial charge in [0.1, 0.15) is 11.3 Å². The second-order valence-electron chi connectivity index (χ2n) is 7.99. The van der Waals surface area contributed by atoms with E-state index < -0.39 is 11.5 Å². The Bertz CT molecular complexity index is 956. The largest absolute Gasteiger partial charge is 0.444 e. The van der Waals surface area contributed by atoms with Crippen LogP contribution in [-0.2, 0) is 27.4 Å². The third-order valence-corrected chi connectivity index (χ3v) is 4.80. The van der Waals surface area contributed by atoms with Crippen molar-refractivity contribution in [2.75, 3.05) is 0 Å². The molecule has 0 radical (unpaired) electrons. The lowest BCUT2D eigenvalue weighted by Crippen LogP contribution is -2.39. The van der Waals surface area contributed by atoms with Crippen LogP contribution < -0.4 is 5.32 Å². The highest BCUT2D eigenvalue weighted by atomic mass is 16.6. The second kappa shape index (κ2) is 6.07. The van der Waals surface area contributed by atoms with Crippen molar-refractivity contribution < 1.29 is 23.6 Å². The summed E-state index contributed by atoms with van der Waals surface area (Å²) < 4.78 is 11.0. The summed E-state index contributed by atoms with van der Waals surface area (Å²) in [5, 5.41) is 7.21. The van der Waals surface area contributed by atoms with Crippen LogP contribution >= 0.6 is 0 Å². The first-order chi connectivity index (χ1) is 12.7. The van der Waals surface area contributed by atoms with E-state index in [1.54, 1.807) is 4.90 Å². The maximum atomic E-state index is 12.4. The molecule has 27 heavy (non-hydrogen) atoms. The average Bonchev–Trinajstić information content (AvgIpc) is 3.16. The van der Waals surface area contributed by atoms with Crippen molar-refractivity contribution in [2.24, 2.45) is 0 Å².